The zero-order valence-corrected chi connectivity index (χ0v) is 16.5. The molecule has 0 fully saturated rings. The van der Waals surface area contributed by atoms with Gasteiger partial charge in [-0.15, -0.1) is 0 Å². The Morgan fingerprint density at radius 3 is 2.27 bits per heavy atom. The van der Waals surface area contributed by atoms with Crippen LogP contribution in [0, 0.1) is 0 Å². The van der Waals surface area contributed by atoms with Gasteiger partial charge in [0.25, 0.3) is 0 Å². The molecular formula is C20H26N2O3S. The Bertz CT molecular complexity index is 719. The summed E-state index contributed by atoms with van der Waals surface area (Å²) in [5.74, 6) is 2.26. The Labute approximate surface area is 160 Å². The molecule has 0 amide bonds. The minimum Gasteiger partial charge on any atom is -0.494 e. The zero-order chi connectivity index (χ0) is 18.9. The van der Waals surface area contributed by atoms with E-state index in [0.717, 1.165) is 23.4 Å². The van der Waals surface area contributed by atoms with Crippen LogP contribution in [0.2, 0.25) is 0 Å². The molecule has 0 bridgehead atoms. The van der Waals surface area contributed by atoms with Gasteiger partial charge in [0.2, 0.25) is 0 Å². The molecule has 0 aliphatic heterocycles. The number of anilines is 1. The Morgan fingerprint density at radius 2 is 1.69 bits per heavy atom. The van der Waals surface area contributed by atoms with Crippen molar-refractivity contribution >= 4 is 23.0 Å². The summed E-state index contributed by atoms with van der Waals surface area (Å²) in [7, 11) is 3.26. The Hall–Kier alpha value is -2.47. The summed E-state index contributed by atoms with van der Waals surface area (Å²) in [5.41, 5.74) is 1.99. The lowest BCUT2D eigenvalue weighted by Crippen LogP contribution is -2.32. The summed E-state index contributed by atoms with van der Waals surface area (Å²) < 4.78 is 16.1. The van der Waals surface area contributed by atoms with Crippen LogP contribution < -0.4 is 24.8 Å². The Morgan fingerprint density at radius 1 is 1.00 bits per heavy atom. The van der Waals surface area contributed by atoms with E-state index in [1.165, 1.54) is 0 Å². The van der Waals surface area contributed by atoms with Crippen molar-refractivity contribution in [3.8, 4) is 17.2 Å². The number of nitrogens with one attached hydrogen (secondary N) is 2. The summed E-state index contributed by atoms with van der Waals surface area (Å²) in [6.07, 6.45) is 0.876. The molecule has 6 heteroatoms. The van der Waals surface area contributed by atoms with Crippen molar-refractivity contribution in [2.45, 2.75) is 26.3 Å². The third kappa shape index (κ3) is 5.26. The fourth-order valence-electron chi connectivity index (χ4n) is 2.62. The maximum atomic E-state index is 5.46. The van der Waals surface area contributed by atoms with E-state index in [1.807, 2.05) is 49.4 Å². The largest absolute Gasteiger partial charge is 0.494 e. The van der Waals surface area contributed by atoms with Gasteiger partial charge < -0.3 is 24.8 Å². The third-order valence-electron chi connectivity index (χ3n) is 3.95. The fraction of sp³-hybridized carbons (Fsp3) is 0.350. The van der Waals surface area contributed by atoms with E-state index in [4.69, 9.17) is 26.4 Å². The average Bonchev–Trinajstić information content (AvgIpc) is 2.67. The molecule has 0 unspecified atom stereocenters. The first-order valence-electron chi connectivity index (χ1n) is 8.63. The Kier molecular flexibility index (Phi) is 7.53. The molecule has 0 saturated carbocycles. The van der Waals surface area contributed by atoms with Crippen molar-refractivity contribution in [2.75, 3.05) is 26.1 Å². The molecule has 5 nitrogen and oxygen atoms in total. The van der Waals surface area contributed by atoms with Crippen LogP contribution in [0.1, 0.15) is 31.9 Å². The molecule has 0 radical (unpaired) electrons. The van der Waals surface area contributed by atoms with Crippen LogP contribution in [0.5, 0.6) is 17.2 Å². The number of hydrogen-bond acceptors (Lipinski definition) is 4. The lowest BCUT2D eigenvalue weighted by atomic mass is 10.0. The minimum atomic E-state index is 0.0671. The van der Waals surface area contributed by atoms with Crippen molar-refractivity contribution in [3.63, 3.8) is 0 Å². The molecule has 0 aliphatic rings. The SMILES string of the molecule is CCOc1ccc(NC(=S)N[C@H](CC)c2ccc(OC)c(OC)c2)cc1. The molecule has 2 N–H and O–H groups in total. The summed E-state index contributed by atoms with van der Waals surface area (Å²) in [6, 6.07) is 13.7. The summed E-state index contributed by atoms with van der Waals surface area (Å²) in [6.45, 7) is 4.72. The van der Waals surface area contributed by atoms with Gasteiger partial charge in [-0.1, -0.05) is 13.0 Å². The van der Waals surface area contributed by atoms with Gasteiger partial charge in [-0.25, -0.2) is 0 Å². The molecular weight excluding hydrogens is 348 g/mol. The van der Waals surface area contributed by atoms with E-state index >= 15 is 0 Å². The lowest BCUT2D eigenvalue weighted by molar-refractivity contribution is 0.340. The number of ether oxygens (including phenoxy) is 3. The van der Waals surface area contributed by atoms with Gasteiger partial charge in [-0.05, 0) is 67.5 Å². The number of hydrogen-bond donors (Lipinski definition) is 2. The molecule has 26 heavy (non-hydrogen) atoms. The maximum Gasteiger partial charge on any atom is 0.171 e. The van der Waals surface area contributed by atoms with E-state index < -0.39 is 0 Å². The fourth-order valence-corrected chi connectivity index (χ4v) is 2.88. The molecule has 2 aromatic rings. The van der Waals surface area contributed by atoms with Crippen LogP contribution in [0.4, 0.5) is 5.69 Å². The quantitative estimate of drug-likeness (QED) is 0.662. The molecule has 1 atom stereocenters. The Balaban J connectivity index is 2.03. The predicted octanol–water partition coefficient (Wildman–Crippen LogP) is 4.54. The second-order valence-electron chi connectivity index (χ2n) is 5.63. The van der Waals surface area contributed by atoms with E-state index in [2.05, 4.69) is 17.6 Å². The first-order chi connectivity index (χ1) is 12.6. The second kappa shape index (κ2) is 9.87. The highest BCUT2D eigenvalue weighted by Crippen LogP contribution is 2.30. The number of rotatable bonds is 8. The summed E-state index contributed by atoms with van der Waals surface area (Å²) in [4.78, 5) is 0. The van der Waals surface area contributed by atoms with Crippen molar-refractivity contribution in [1.82, 2.24) is 5.32 Å². The molecule has 2 rings (SSSR count). The first-order valence-corrected chi connectivity index (χ1v) is 9.04. The van der Waals surface area contributed by atoms with Gasteiger partial charge in [0.15, 0.2) is 16.6 Å². The highest BCUT2D eigenvalue weighted by Gasteiger charge is 2.14. The van der Waals surface area contributed by atoms with Crippen molar-refractivity contribution in [3.05, 3.63) is 48.0 Å². The van der Waals surface area contributed by atoms with Gasteiger partial charge in [-0.2, -0.15) is 0 Å². The van der Waals surface area contributed by atoms with Crippen molar-refractivity contribution < 1.29 is 14.2 Å². The van der Waals surface area contributed by atoms with Crippen molar-refractivity contribution in [1.29, 1.82) is 0 Å². The lowest BCUT2D eigenvalue weighted by Gasteiger charge is -2.21. The highest BCUT2D eigenvalue weighted by atomic mass is 32.1. The third-order valence-corrected chi connectivity index (χ3v) is 4.17. The van der Waals surface area contributed by atoms with E-state index in [9.17, 15) is 0 Å². The van der Waals surface area contributed by atoms with E-state index in [0.29, 0.717) is 23.2 Å². The molecule has 0 saturated heterocycles. The van der Waals surface area contributed by atoms with Crippen molar-refractivity contribution in [2.24, 2.45) is 0 Å². The minimum absolute atomic E-state index is 0.0671. The standard InChI is InChI=1S/C20H26N2O3S/c1-5-17(14-7-12-18(23-3)19(13-14)24-4)22-20(26)21-15-8-10-16(11-9-15)25-6-2/h7-13,17H,5-6H2,1-4H3,(H2,21,22,26)/t17-/m1/s1. The van der Waals surface area contributed by atoms with Gasteiger partial charge in [0.05, 0.1) is 26.9 Å². The van der Waals surface area contributed by atoms with Crippen LogP contribution in [0.15, 0.2) is 42.5 Å². The van der Waals surface area contributed by atoms with Crippen LogP contribution in [-0.4, -0.2) is 25.9 Å². The van der Waals surface area contributed by atoms with E-state index in [-0.39, 0.29) is 6.04 Å². The number of thiocarbonyl (C=S) groups is 1. The second-order valence-corrected chi connectivity index (χ2v) is 6.04. The normalized spacial score (nSPS) is 11.4. The summed E-state index contributed by atoms with van der Waals surface area (Å²) >= 11 is 5.46. The van der Waals surface area contributed by atoms with Crippen LogP contribution in [-0.2, 0) is 0 Å². The average molecular weight is 375 g/mol. The summed E-state index contributed by atoms with van der Waals surface area (Å²) in [5, 5.41) is 7.12. The molecule has 0 heterocycles. The highest BCUT2D eigenvalue weighted by molar-refractivity contribution is 7.80. The van der Waals surface area contributed by atoms with E-state index in [1.54, 1.807) is 14.2 Å². The van der Waals surface area contributed by atoms with Gasteiger partial charge in [0.1, 0.15) is 5.75 Å². The predicted molar refractivity (Wildman–Crippen MR) is 110 cm³/mol. The smallest absolute Gasteiger partial charge is 0.171 e. The zero-order valence-electron chi connectivity index (χ0n) is 15.7. The van der Waals surface area contributed by atoms with Crippen LogP contribution >= 0.6 is 12.2 Å². The number of methoxy groups -OCH3 is 2. The van der Waals surface area contributed by atoms with Crippen LogP contribution in [0.25, 0.3) is 0 Å². The van der Waals surface area contributed by atoms with Gasteiger partial charge in [-0.3, -0.25) is 0 Å². The first kappa shape index (κ1) is 19.8. The van der Waals surface area contributed by atoms with Gasteiger partial charge in [0, 0.05) is 5.69 Å². The monoisotopic (exact) mass is 374 g/mol. The maximum absolute atomic E-state index is 5.46. The van der Waals surface area contributed by atoms with Crippen LogP contribution in [0.3, 0.4) is 0 Å². The topological polar surface area (TPSA) is 51.8 Å². The number of benzene rings is 2. The molecule has 140 valence electrons. The van der Waals surface area contributed by atoms with Gasteiger partial charge >= 0.3 is 0 Å². The molecule has 2 aromatic carbocycles. The molecule has 0 spiro atoms. The molecule has 0 aliphatic carbocycles. The molecule has 0 aromatic heterocycles.